The number of nitrogens with zero attached hydrogens (tertiary/aromatic N) is 3. The van der Waals surface area contributed by atoms with Gasteiger partial charge in [0.05, 0.1) is 16.6 Å². The van der Waals surface area contributed by atoms with Crippen LogP contribution in [0, 0.1) is 22.7 Å². The largest absolute Gasteiger partial charge is 0.453 e. The van der Waals surface area contributed by atoms with E-state index in [0.29, 0.717) is 11.4 Å². The minimum absolute atomic E-state index is 0.0853. The number of nitrogens with one attached hydrogen (secondary N) is 1. The first-order chi connectivity index (χ1) is 13.5. The first-order valence-electron chi connectivity index (χ1n) is 8.35. The molecule has 0 bridgehead atoms. The van der Waals surface area contributed by atoms with Crippen LogP contribution in [0.25, 0.3) is 16.3 Å². The van der Waals surface area contributed by atoms with Gasteiger partial charge in [-0.05, 0) is 30.5 Å². The van der Waals surface area contributed by atoms with Crippen molar-refractivity contribution in [2.45, 2.75) is 6.92 Å². The summed E-state index contributed by atoms with van der Waals surface area (Å²) >= 11 is 1.49. The van der Waals surface area contributed by atoms with Crippen molar-refractivity contribution in [1.82, 2.24) is 9.78 Å². The van der Waals surface area contributed by atoms with Gasteiger partial charge in [-0.2, -0.15) is 10.4 Å². The summed E-state index contributed by atoms with van der Waals surface area (Å²) in [4.78, 5) is 25.6. The van der Waals surface area contributed by atoms with Crippen LogP contribution in [0.4, 0.5) is 0 Å². The molecule has 0 aliphatic carbocycles. The first kappa shape index (κ1) is 19.2. The molecule has 2 heterocycles. The molecule has 0 saturated carbocycles. The van der Waals surface area contributed by atoms with Crippen LogP contribution in [0.15, 0.2) is 53.9 Å². The van der Waals surface area contributed by atoms with E-state index in [0.717, 1.165) is 4.88 Å². The number of ketones is 1. The van der Waals surface area contributed by atoms with Crippen LogP contribution in [0.3, 0.4) is 0 Å². The van der Waals surface area contributed by atoms with Gasteiger partial charge in [-0.1, -0.05) is 24.3 Å². The zero-order chi connectivity index (χ0) is 20.1. The zero-order valence-electron chi connectivity index (χ0n) is 15.0. The van der Waals surface area contributed by atoms with Crippen LogP contribution in [0.1, 0.15) is 17.4 Å². The van der Waals surface area contributed by atoms with Gasteiger partial charge < -0.3 is 10.1 Å². The Bertz CT molecular complexity index is 1050. The molecule has 0 spiro atoms. The Morgan fingerprint density at radius 3 is 2.64 bits per heavy atom. The number of hydrogen-bond donors (Lipinski definition) is 1. The quantitative estimate of drug-likeness (QED) is 0.489. The van der Waals surface area contributed by atoms with Crippen molar-refractivity contribution in [3.05, 3.63) is 59.6 Å². The number of benzene rings is 1. The van der Waals surface area contributed by atoms with Crippen LogP contribution in [0.5, 0.6) is 0 Å². The lowest BCUT2D eigenvalue weighted by atomic mass is 10.0. The fourth-order valence-electron chi connectivity index (χ4n) is 2.54. The summed E-state index contributed by atoms with van der Waals surface area (Å²) < 4.78 is 6.59. The monoisotopic (exact) mass is 392 g/mol. The Balaban J connectivity index is 1.88. The molecule has 0 aliphatic rings. The lowest BCUT2D eigenvalue weighted by Gasteiger charge is -2.09. The van der Waals surface area contributed by atoms with E-state index in [4.69, 9.17) is 15.4 Å². The van der Waals surface area contributed by atoms with Gasteiger partial charge in [-0.25, -0.2) is 9.48 Å². The highest BCUT2D eigenvalue weighted by Crippen LogP contribution is 2.26. The van der Waals surface area contributed by atoms with Crippen LogP contribution in [-0.2, 0) is 9.53 Å². The molecule has 0 aliphatic heterocycles. The fourth-order valence-corrected chi connectivity index (χ4v) is 3.22. The number of rotatable bonds is 7. The van der Waals surface area contributed by atoms with E-state index in [1.165, 1.54) is 22.9 Å². The minimum Gasteiger partial charge on any atom is -0.453 e. The molecule has 0 amide bonds. The van der Waals surface area contributed by atoms with Crippen molar-refractivity contribution < 1.29 is 14.3 Å². The highest BCUT2D eigenvalue weighted by atomic mass is 32.1. The van der Waals surface area contributed by atoms with Crippen molar-refractivity contribution in [1.29, 1.82) is 10.7 Å². The van der Waals surface area contributed by atoms with Crippen molar-refractivity contribution in [3.8, 4) is 22.3 Å². The number of carbonyl (C=O) groups is 2. The number of carbonyl (C=O) groups excluding carboxylic acids is 2. The second kappa shape index (κ2) is 8.41. The van der Waals surface area contributed by atoms with E-state index >= 15 is 0 Å². The molecule has 7 nitrogen and oxygen atoms in total. The first-order valence-corrected chi connectivity index (χ1v) is 9.23. The standard InChI is InChI=1S/C20H16N4O3S/c1-13(22)15(11-21)18(25)12-27-20(26)17-10-16(19-8-5-9-28-19)23-24(17)14-6-3-2-4-7-14/h2-10,15,22H,12H2,1H3. The third-order valence-electron chi connectivity index (χ3n) is 3.92. The number of Topliss-reactive ketones (excluding diaryl/α,β-unsaturated/α-hetero) is 1. The minimum atomic E-state index is -1.21. The highest BCUT2D eigenvalue weighted by molar-refractivity contribution is 7.13. The molecule has 1 unspecified atom stereocenters. The van der Waals surface area contributed by atoms with Crippen molar-refractivity contribution >= 4 is 28.8 Å². The topological polar surface area (TPSA) is 109 Å². The summed E-state index contributed by atoms with van der Waals surface area (Å²) in [7, 11) is 0. The summed E-state index contributed by atoms with van der Waals surface area (Å²) in [6, 6.07) is 16.2. The molecule has 1 N–H and O–H groups in total. The lowest BCUT2D eigenvalue weighted by molar-refractivity contribution is -0.122. The number of esters is 1. The number of hydrogen-bond acceptors (Lipinski definition) is 7. The molecule has 2 aromatic heterocycles. The maximum absolute atomic E-state index is 12.6. The summed E-state index contributed by atoms with van der Waals surface area (Å²) in [5.74, 6) is -2.58. The molecular formula is C20H16N4O3S. The third-order valence-corrected chi connectivity index (χ3v) is 4.81. The average molecular weight is 392 g/mol. The maximum atomic E-state index is 12.6. The van der Waals surface area contributed by atoms with Gasteiger partial charge in [0.1, 0.15) is 11.6 Å². The summed E-state index contributed by atoms with van der Waals surface area (Å²) in [5, 5.41) is 22.9. The Labute approximate surface area is 165 Å². The van der Waals surface area contributed by atoms with Gasteiger partial charge in [-0.15, -0.1) is 11.3 Å². The van der Waals surface area contributed by atoms with Crippen LogP contribution < -0.4 is 0 Å². The van der Waals surface area contributed by atoms with E-state index in [-0.39, 0.29) is 11.4 Å². The summed E-state index contributed by atoms with van der Waals surface area (Å²) in [6.07, 6.45) is 0. The molecule has 1 atom stereocenters. The summed E-state index contributed by atoms with van der Waals surface area (Å²) in [5.41, 5.74) is 1.37. The van der Waals surface area contributed by atoms with Gasteiger partial charge in [0.15, 0.2) is 18.1 Å². The smallest absolute Gasteiger partial charge is 0.357 e. The number of nitriles is 1. The zero-order valence-corrected chi connectivity index (χ0v) is 15.8. The van der Waals surface area contributed by atoms with E-state index in [9.17, 15) is 9.59 Å². The van der Waals surface area contributed by atoms with Crippen LogP contribution in [0.2, 0.25) is 0 Å². The molecule has 0 saturated heterocycles. The number of para-hydroxylation sites is 1. The average Bonchev–Trinajstić information content (AvgIpc) is 3.36. The molecule has 3 aromatic rings. The molecule has 1 aromatic carbocycles. The second-order valence-electron chi connectivity index (χ2n) is 5.93. The Hall–Kier alpha value is -3.57. The van der Waals surface area contributed by atoms with Crippen molar-refractivity contribution in [2.75, 3.05) is 6.61 Å². The van der Waals surface area contributed by atoms with E-state index in [1.54, 1.807) is 24.3 Å². The van der Waals surface area contributed by atoms with E-state index in [2.05, 4.69) is 5.10 Å². The van der Waals surface area contributed by atoms with Gasteiger partial charge in [0.2, 0.25) is 0 Å². The SMILES string of the molecule is CC(=N)C(C#N)C(=O)COC(=O)c1cc(-c2cccs2)nn1-c1ccccc1. The Kier molecular flexibility index (Phi) is 5.77. The summed E-state index contributed by atoms with van der Waals surface area (Å²) in [6.45, 7) is 0.785. The Morgan fingerprint density at radius 1 is 1.29 bits per heavy atom. The van der Waals surface area contributed by atoms with Crippen LogP contribution >= 0.6 is 11.3 Å². The lowest BCUT2D eigenvalue weighted by Crippen LogP contribution is -2.26. The van der Waals surface area contributed by atoms with Gasteiger partial charge in [0.25, 0.3) is 0 Å². The molecule has 0 fully saturated rings. The Morgan fingerprint density at radius 2 is 2.04 bits per heavy atom. The number of thiophene rings is 1. The van der Waals surface area contributed by atoms with E-state index in [1.807, 2.05) is 35.7 Å². The van der Waals surface area contributed by atoms with Crippen LogP contribution in [-0.4, -0.2) is 33.9 Å². The normalized spacial score (nSPS) is 11.4. The van der Waals surface area contributed by atoms with Gasteiger partial charge in [-0.3, -0.25) is 4.79 Å². The van der Waals surface area contributed by atoms with Crippen molar-refractivity contribution in [3.63, 3.8) is 0 Å². The predicted octanol–water partition coefficient (Wildman–Crippen LogP) is 3.51. The molecule has 0 radical (unpaired) electrons. The molecular weight excluding hydrogens is 376 g/mol. The molecule has 3 rings (SSSR count). The maximum Gasteiger partial charge on any atom is 0.357 e. The highest BCUT2D eigenvalue weighted by Gasteiger charge is 2.24. The molecule has 140 valence electrons. The van der Waals surface area contributed by atoms with E-state index < -0.39 is 24.3 Å². The predicted molar refractivity (Wildman–Crippen MR) is 105 cm³/mol. The van der Waals surface area contributed by atoms with Crippen molar-refractivity contribution in [2.24, 2.45) is 5.92 Å². The molecule has 28 heavy (non-hydrogen) atoms. The fraction of sp³-hybridized carbons (Fsp3) is 0.150. The van der Waals surface area contributed by atoms with Gasteiger partial charge in [0, 0.05) is 11.8 Å². The second-order valence-corrected chi connectivity index (χ2v) is 6.87. The number of ether oxygens (including phenoxy) is 1. The van der Waals surface area contributed by atoms with Gasteiger partial charge >= 0.3 is 5.97 Å². The molecule has 8 heteroatoms. The number of aromatic nitrogens is 2. The third kappa shape index (κ3) is 4.05.